The maximum atomic E-state index is 11.2. The first-order chi connectivity index (χ1) is 24.5. The van der Waals surface area contributed by atoms with Crippen molar-refractivity contribution in [3.05, 3.63) is 0 Å². The number of ether oxygens (including phenoxy) is 9. The number of nitrogens with two attached hydrogens (primary N) is 1. The third-order valence-corrected chi connectivity index (χ3v) is 5.04. The summed E-state index contributed by atoms with van der Waals surface area (Å²) in [5, 5.41) is 16.7. The molecule has 0 aromatic carbocycles. The van der Waals surface area contributed by atoms with Crippen molar-refractivity contribution in [3.63, 3.8) is 0 Å². The van der Waals surface area contributed by atoms with Gasteiger partial charge in [-0.15, -0.1) is 0 Å². The fraction of sp³-hybridized carbons (Fsp3) is 0.867. The van der Waals surface area contributed by atoms with E-state index in [1.807, 2.05) is 19.5 Å². The van der Waals surface area contributed by atoms with Gasteiger partial charge >= 0.3 is 19.5 Å². The Morgan fingerprint density at radius 3 is 1.27 bits per heavy atom. The van der Waals surface area contributed by atoms with Crippen LogP contribution in [0.1, 0.15) is 33.6 Å². The maximum absolute atomic E-state index is 11.2. The minimum atomic E-state index is -0.855. The molecular weight excluding hydrogens is 679 g/mol. The molecule has 8 N–H and O–H groups in total. The highest BCUT2D eigenvalue weighted by Gasteiger charge is 2.14. The number of nitrogens with one attached hydrogen (secondary N) is 5. The third-order valence-electron chi connectivity index (χ3n) is 5.04. The molecule has 0 rings (SSSR count). The number of amides is 2. The normalized spacial score (nSPS) is 10.6. The summed E-state index contributed by atoms with van der Waals surface area (Å²) >= 11 is 0. The Morgan fingerprint density at radius 2 is 0.980 bits per heavy atom. The van der Waals surface area contributed by atoms with Crippen molar-refractivity contribution >= 4 is 31.6 Å². The van der Waals surface area contributed by atoms with Crippen LogP contribution in [0.2, 0.25) is 0 Å². The molecule has 0 aliphatic rings. The summed E-state index contributed by atoms with van der Waals surface area (Å²) in [7, 11) is 4.84. The van der Waals surface area contributed by atoms with Gasteiger partial charge < -0.3 is 68.6 Å². The van der Waals surface area contributed by atoms with E-state index in [9.17, 15) is 19.2 Å². The summed E-state index contributed by atoms with van der Waals surface area (Å²) < 4.78 is 46.7. The molecule has 20 nitrogen and oxygen atoms in total. The van der Waals surface area contributed by atoms with Gasteiger partial charge in [-0.25, -0.2) is 10.6 Å². The number of likely N-dealkylation sites (N-methyl/N-ethyl adjacent to an activating group) is 2. The highest BCUT2D eigenvalue weighted by molar-refractivity contribution is 6.64. The minimum absolute atomic E-state index is 0.0245. The molecule has 0 aliphatic heterocycles. The standard InChI is InChI=1S/C13H27BN3O6.C12H25NO6.C5H12N2O2/c1-15-3-5-21-7-9-23-11-10-22-8-6-20-4-2-13(19)16-17-14-12-18;1-13-3-5-17-7-9-19-11-10-18-8-6-16-4-2-12(14)15;1-5(2,3)9-4(8)7-6/h12,15,17H,2-11H2,1H3,(H,16,19);13H,2-11H2,1H3,(H,14,15);6H2,1-3H3,(H,7,8). The van der Waals surface area contributed by atoms with E-state index in [4.69, 9.17) is 53.6 Å². The summed E-state index contributed by atoms with van der Waals surface area (Å²) in [6.07, 6.45) is 0.157. The number of hydrogen-bond acceptors (Lipinski definition) is 17. The number of hydrogen-bond donors (Lipinski definition) is 7. The molecule has 2 amide bonds. The highest BCUT2D eigenvalue weighted by Crippen LogP contribution is 2.05. The van der Waals surface area contributed by atoms with Crippen LogP contribution in [0.25, 0.3) is 0 Å². The molecule has 51 heavy (non-hydrogen) atoms. The van der Waals surface area contributed by atoms with Crippen LogP contribution in [0.3, 0.4) is 0 Å². The number of hydrazine groups is 2. The molecule has 0 aromatic rings. The van der Waals surface area contributed by atoms with Crippen LogP contribution >= 0.6 is 0 Å². The first-order valence-corrected chi connectivity index (χ1v) is 16.7. The number of aliphatic carboxylic acids is 1. The van der Waals surface area contributed by atoms with Gasteiger partial charge in [0.25, 0.3) is 0 Å². The third kappa shape index (κ3) is 57.1. The van der Waals surface area contributed by atoms with Gasteiger partial charge in [0.1, 0.15) is 5.60 Å². The topological polar surface area (TPSA) is 258 Å². The second-order valence-electron chi connectivity index (χ2n) is 10.6. The quantitative estimate of drug-likeness (QED) is 0.00980. The molecule has 0 atom stereocenters. The molecule has 0 unspecified atom stereocenters. The Morgan fingerprint density at radius 1 is 0.627 bits per heavy atom. The Kier molecular flexibility index (Phi) is 45.2. The van der Waals surface area contributed by atoms with Crippen molar-refractivity contribution in [2.45, 2.75) is 39.2 Å². The lowest BCUT2D eigenvalue weighted by Crippen LogP contribution is -2.40. The Balaban J connectivity index is -0.000000739. The number of carboxylic acid groups (broad SMARTS) is 1. The SMILES string of the molecule is CC(C)(C)OC(=O)NN.CNCCOCCOCCOCCOCCC(=O)NN[B]C=O.CNCCOCCOCCOCCOCCC(=O)O. The largest absolute Gasteiger partial charge is 0.481 e. The average Bonchev–Trinajstić information content (AvgIpc) is 3.08. The van der Waals surface area contributed by atoms with Gasteiger partial charge in [0.05, 0.1) is 125 Å². The van der Waals surface area contributed by atoms with Crippen molar-refractivity contribution in [2.75, 3.05) is 133 Å². The molecular formula is C30H64BN6O14. The lowest BCUT2D eigenvalue weighted by atomic mass is 10.0. The van der Waals surface area contributed by atoms with Crippen LogP contribution in [0.4, 0.5) is 4.79 Å². The maximum Gasteiger partial charge on any atom is 0.421 e. The number of rotatable bonds is 33. The molecule has 0 bridgehead atoms. The van der Waals surface area contributed by atoms with Crippen molar-refractivity contribution in [1.29, 1.82) is 0 Å². The van der Waals surface area contributed by atoms with Crippen LogP contribution in [0, 0.1) is 0 Å². The molecule has 0 fully saturated rings. The monoisotopic (exact) mass is 743 g/mol. The van der Waals surface area contributed by atoms with Crippen molar-refractivity contribution in [2.24, 2.45) is 5.84 Å². The van der Waals surface area contributed by atoms with Crippen LogP contribution in [0.15, 0.2) is 0 Å². The van der Waals surface area contributed by atoms with Crippen LogP contribution < -0.4 is 32.7 Å². The molecule has 21 heteroatoms. The second kappa shape index (κ2) is 43.6. The van der Waals surface area contributed by atoms with Gasteiger partial charge in [0, 0.05) is 13.1 Å². The van der Waals surface area contributed by atoms with Crippen molar-refractivity contribution in [1.82, 2.24) is 26.8 Å². The molecule has 0 saturated carbocycles. The summed E-state index contributed by atoms with van der Waals surface area (Å²) in [5.74, 6) is 3.64. The fourth-order valence-electron chi connectivity index (χ4n) is 2.72. The van der Waals surface area contributed by atoms with E-state index in [-0.39, 0.29) is 25.4 Å². The zero-order chi connectivity index (χ0) is 38.7. The average molecular weight is 744 g/mol. The molecule has 0 aliphatic carbocycles. The van der Waals surface area contributed by atoms with Crippen LogP contribution in [0.5, 0.6) is 0 Å². The van der Waals surface area contributed by atoms with Crippen LogP contribution in [-0.4, -0.2) is 175 Å². The minimum Gasteiger partial charge on any atom is -0.481 e. The van der Waals surface area contributed by atoms with Crippen LogP contribution in [-0.2, 0) is 57.0 Å². The van der Waals surface area contributed by atoms with Gasteiger partial charge in [-0.3, -0.25) is 20.4 Å². The Labute approximate surface area is 303 Å². The van der Waals surface area contributed by atoms with Gasteiger partial charge in [-0.2, -0.15) is 0 Å². The summed E-state index contributed by atoms with van der Waals surface area (Å²) in [5.41, 5.74) is 3.70. The summed E-state index contributed by atoms with van der Waals surface area (Å²) in [4.78, 5) is 41.7. The molecule has 301 valence electrons. The summed E-state index contributed by atoms with van der Waals surface area (Å²) in [6, 6.07) is 0. The van der Waals surface area contributed by atoms with E-state index in [0.717, 1.165) is 20.5 Å². The molecule has 0 heterocycles. The number of carbonyl (C=O) groups excluding carboxylic acids is 3. The smallest absolute Gasteiger partial charge is 0.421 e. The first-order valence-electron chi connectivity index (χ1n) is 16.7. The number of carboxylic acids is 1. The van der Waals surface area contributed by atoms with Gasteiger partial charge in [-0.05, 0) is 34.9 Å². The summed E-state index contributed by atoms with van der Waals surface area (Å²) in [6.45, 7) is 14.8. The zero-order valence-electron chi connectivity index (χ0n) is 31.1. The molecule has 0 spiro atoms. The zero-order valence-corrected chi connectivity index (χ0v) is 31.1. The van der Waals surface area contributed by atoms with Gasteiger partial charge in [0.2, 0.25) is 5.91 Å². The number of carbonyl (C=O) groups is 4. The van der Waals surface area contributed by atoms with E-state index >= 15 is 0 Å². The van der Waals surface area contributed by atoms with Gasteiger partial charge in [0.15, 0.2) is 0 Å². The van der Waals surface area contributed by atoms with E-state index in [0.29, 0.717) is 105 Å². The molecule has 1 radical (unpaired) electrons. The Hall–Kier alpha value is -2.54. The first kappa shape index (κ1) is 52.8. The van der Waals surface area contributed by atoms with E-state index in [1.165, 1.54) is 0 Å². The molecule has 0 aromatic heterocycles. The van der Waals surface area contributed by atoms with E-state index < -0.39 is 17.7 Å². The fourth-order valence-corrected chi connectivity index (χ4v) is 2.72. The van der Waals surface area contributed by atoms with E-state index in [2.05, 4.69) is 21.4 Å². The van der Waals surface area contributed by atoms with Crippen molar-refractivity contribution < 1.29 is 66.9 Å². The predicted octanol–water partition coefficient (Wildman–Crippen LogP) is -1.78. The molecule has 0 saturated heterocycles. The highest BCUT2D eigenvalue weighted by atomic mass is 16.6. The second-order valence-corrected chi connectivity index (χ2v) is 10.6. The van der Waals surface area contributed by atoms with Gasteiger partial charge in [-0.1, -0.05) is 0 Å². The van der Waals surface area contributed by atoms with Crippen molar-refractivity contribution in [3.8, 4) is 0 Å². The lowest BCUT2D eigenvalue weighted by Gasteiger charge is -2.18. The lowest BCUT2D eigenvalue weighted by molar-refractivity contribution is -0.138. The van der Waals surface area contributed by atoms with E-state index in [1.54, 1.807) is 20.8 Å². The predicted molar refractivity (Wildman–Crippen MR) is 189 cm³/mol. The Bertz CT molecular complexity index is 788.